The number of hydrogen-bond donors (Lipinski definition) is 0. The van der Waals surface area contributed by atoms with Crippen molar-refractivity contribution in [3.8, 4) is 0 Å². The minimum absolute atomic E-state index is 0.189. The lowest BCUT2D eigenvalue weighted by molar-refractivity contribution is -0.143. The van der Waals surface area contributed by atoms with Crippen LogP contribution in [-0.4, -0.2) is 22.4 Å². The van der Waals surface area contributed by atoms with Crippen LogP contribution in [0, 0.1) is 0 Å². The summed E-state index contributed by atoms with van der Waals surface area (Å²) in [5, 5.41) is 4.17. The fourth-order valence-corrected chi connectivity index (χ4v) is 1.50. The van der Waals surface area contributed by atoms with Gasteiger partial charge in [-0.15, -0.1) is 0 Å². The molecular formula is C11H15ClN2O3. The lowest BCUT2D eigenvalue weighted by Gasteiger charge is -2.04. The SMILES string of the molecule is CCOC(=O)CCCCn1nc(Cl)ccc1=O. The third-order valence-corrected chi connectivity index (χ3v) is 2.34. The van der Waals surface area contributed by atoms with Gasteiger partial charge in [0.15, 0.2) is 0 Å². The molecule has 1 rings (SSSR count). The highest BCUT2D eigenvalue weighted by Crippen LogP contribution is 2.01. The van der Waals surface area contributed by atoms with Crippen LogP contribution in [0.25, 0.3) is 0 Å². The summed E-state index contributed by atoms with van der Waals surface area (Å²) in [6.45, 7) is 2.63. The largest absolute Gasteiger partial charge is 0.466 e. The third-order valence-electron chi connectivity index (χ3n) is 2.14. The Labute approximate surface area is 104 Å². The quantitative estimate of drug-likeness (QED) is 0.575. The zero-order chi connectivity index (χ0) is 12.7. The number of carbonyl (C=O) groups is 1. The Hall–Kier alpha value is -1.36. The summed E-state index contributed by atoms with van der Waals surface area (Å²) in [5.41, 5.74) is -0.189. The zero-order valence-corrected chi connectivity index (χ0v) is 10.4. The van der Waals surface area contributed by atoms with Gasteiger partial charge in [-0.05, 0) is 25.8 Å². The molecule has 0 atom stereocenters. The van der Waals surface area contributed by atoms with Gasteiger partial charge in [0, 0.05) is 19.0 Å². The number of halogens is 1. The van der Waals surface area contributed by atoms with Crippen LogP contribution < -0.4 is 5.56 Å². The molecule has 1 aromatic rings. The number of carbonyl (C=O) groups excluding carboxylic acids is 1. The summed E-state index contributed by atoms with van der Waals surface area (Å²) in [7, 11) is 0. The van der Waals surface area contributed by atoms with Gasteiger partial charge >= 0.3 is 5.97 Å². The number of aromatic nitrogens is 2. The predicted molar refractivity (Wildman–Crippen MR) is 64.0 cm³/mol. The highest BCUT2D eigenvalue weighted by atomic mass is 35.5. The molecule has 0 N–H and O–H groups in total. The summed E-state index contributed by atoms with van der Waals surface area (Å²) in [5.74, 6) is -0.209. The zero-order valence-electron chi connectivity index (χ0n) is 9.69. The first-order chi connectivity index (χ1) is 8.13. The van der Waals surface area contributed by atoms with Crippen molar-refractivity contribution >= 4 is 17.6 Å². The standard InChI is InChI=1S/C11H15ClN2O3/c1-2-17-11(16)5-3-4-8-14-10(15)7-6-9(12)13-14/h6-7H,2-5,8H2,1H3. The van der Waals surface area contributed by atoms with E-state index >= 15 is 0 Å². The molecule has 0 saturated carbocycles. The van der Waals surface area contributed by atoms with Crippen molar-refractivity contribution in [3.05, 3.63) is 27.6 Å². The van der Waals surface area contributed by atoms with Crippen molar-refractivity contribution in [1.29, 1.82) is 0 Å². The Morgan fingerprint density at radius 3 is 2.94 bits per heavy atom. The molecule has 0 aliphatic heterocycles. The van der Waals surface area contributed by atoms with Crippen molar-refractivity contribution in [2.45, 2.75) is 32.7 Å². The normalized spacial score (nSPS) is 10.2. The smallest absolute Gasteiger partial charge is 0.305 e. The van der Waals surface area contributed by atoms with Gasteiger partial charge in [0.1, 0.15) is 5.15 Å². The maximum atomic E-state index is 11.4. The van der Waals surface area contributed by atoms with Crippen LogP contribution in [0.5, 0.6) is 0 Å². The first-order valence-electron chi connectivity index (χ1n) is 5.52. The van der Waals surface area contributed by atoms with Gasteiger partial charge in [-0.25, -0.2) is 4.68 Å². The van der Waals surface area contributed by atoms with E-state index in [0.29, 0.717) is 32.4 Å². The lowest BCUT2D eigenvalue weighted by Crippen LogP contribution is -2.21. The first-order valence-corrected chi connectivity index (χ1v) is 5.90. The second-order valence-corrected chi connectivity index (χ2v) is 3.87. The molecule has 0 saturated heterocycles. The van der Waals surface area contributed by atoms with Crippen LogP contribution in [0.15, 0.2) is 16.9 Å². The van der Waals surface area contributed by atoms with E-state index in [-0.39, 0.29) is 16.7 Å². The molecule has 0 spiro atoms. The fourth-order valence-electron chi connectivity index (χ4n) is 1.35. The summed E-state index contributed by atoms with van der Waals surface area (Å²) >= 11 is 5.68. The van der Waals surface area contributed by atoms with E-state index in [4.69, 9.17) is 16.3 Å². The molecule has 0 amide bonds. The number of ether oxygens (including phenoxy) is 1. The molecule has 0 radical (unpaired) electrons. The van der Waals surface area contributed by atoms with E-state index in [1.807, 2.05) is 0 Å². The van der Waals surface area contributed by atoms with Gasteiger partial charge in [0.25, 0.3) is 5.56 Å². The molecule has 0 aliphatic carbocycles. The average molecular weight is 259 g/mol. The van der Waals surface area contributed by atoms with Gasteiger partial charge < -0.3 is 4.74 Å². The molecular weight excluding hydrogens is 244 g/mol. The van der Waals surface area contributed by atoms with E-state index in [1.165, 1.54) is 16.8 Å². The van der Waals surface area contributed by atoms with E-state index in [1.54, 1.807) is 6.92 Å². The highest BCUT2D eigenvalue weighted by molar-refractivity contribution is 6.29. The van der Waals surface area contributed by atoms with Crippen LogP contribution in [0.1, 0.15) is 26.2 Å². The van der Waals surface area contributed by atoms with Gasteiger partial charge in [0.05, 0.1) is 6.61 Å². The van der Waals surface area contributed by atoms with E-state index < -0.39 is 0 Å². The van der Waals surface area contributed by atoms with Crippen molar-refractivity contribution in [3.63, 3.8) is 0 Å². The van der Waals surface area contributed by atoms with Crippen LogP contribution in [0.2, 0.25) is 5.15 Å². The van der Waals surface area contributed by atoms with Crippen LogP contribution in [-0.2, 0) is 16.1 Å². The molecule has 6 heteroatoms. The first kappa shape index (κ1) is 13.7. The number of unbranched alkanes of at least 4 members (excludes halogenated alkanes) is 1. The summed E-state index contributed by atoms with van der Waals surface area (Å²) < 4.78 is 6.09. The molecule has 17 heavy (non-hydrogen) atoms. The number of aryl methyl sites for hydroxylation is 1. The van der Waals surface area contributed by atoms with Gasteiger partial charge in [0.2, 0.25) is 0 Å². The van der Waals surface area contributed by atoms with Crippen molar-refractivity contribution in [2.75, 3.05) is 6.61 Å². The monoisotopic (exact) mass is 258 g/mol. The maximum absolute atomic E-state index is 11.4. The molecule has 0 fully saturated rings. The molecule has 94 valence electrons. The van der Waals surface area contributed by atoms with E-state index in [0.717, 1.165) is 0 Å². The Bertz CT molecular complexity index is 431. The summed E-state index contributed by atoms with van der Waals surface area (Å²) in [6, 6.07) is 2.83. The maximum Gasteiger partial charge on any atom is 0.305 e. The second kappa shape index (κ2) is 7.06. The molecule has 0 aliphatic rings. The number of rotatable bonds is 6. The van der Waals surface area contributed by atoms with Gasteiger partial charge in [-0.2, -0.15) is 5.10 Å². The molecule has 0 unspecified atom stereocenters. The van der Waals surface area contributed by atoms with Crippen molar-refractivity contribution < 1.29 is 9.53 Å². The molecule has 5 nitrogen and oxygen atoms in total. The lowest BCUT2D eigenvalue weighted by atomic mass is 10.2. The number of esters is 1. The Morgan fingerprint density at radius 1 is 1.47 bits per heavy atom. The Balaban J connectivity index is 2.33. The number of hydrogen-bond acceptors (Lipinski definition) is 4. The molecule has 0 bridgehead atoms. The highest BCUT2D eigenvalue weighted by Gasteiger charge is 2.02. The van der Waals surface area contributed by atoms with E-state index in [2.05, 4.69) is 5.10 Å². The predicted octanol–water partition coefficient (Wildman–Crippen LogP) is 1.63. The average Bonchev–Trinajstić information content (AvgIpc) is 2.29. The van der Waals surface area contributed by atoms with Crippen molar-refractivity contribution in [1.82, 2.24) is 9.78 Å². The molecule has 0 aromatic carbocycles. The molecule has 1 aromatic heterocycles. The number of nitrogens with zero attached hydrogens (tertiary/aromatic N) is 2. The third kappa shape index (κ3) is 4.99. The molecule has 1 heterocycles. The van der Waals surface area contributed by atoms with Crippen LogP contribution in [0.4, 0.5) is 0 Å². The fraction of sp³-hybridized carbons (Fsp3) is 0.545. The topological polar surface area (TPSA) is 61.2 Å². The van der Waals surface area contributed by atoms with Crippen molar-refractivity contribution in [2.24, 2.45) is 0 Å². The van der Waals surface area contributed by atoms with Crippen LogP contribution in [0.3, 0.4) is 0 Å². The minimum Gasteiger partial charge on any atom is -0.466 e. The second-order valence-electron chi connectivity index (χ2n) is 3.48. The summed E-state index contributed by atoms with van der Waals surface area (Å²) in [4.78, 5) is 22.4. The van der Waals surface area contributed by atoms with Gasteiger partial charge in [-0.1, -0.05) is 11.6 Å². The van der Waals surface area contributed by atoms with Crippen LogP contribution >= 0.6 is 11.6 Å². The van der Waals surface area contributed by atoms with E-state index in [9.17, 15) is 9.59 Å². The Kier molecular flexibility index (Phi) is 5.69. The Morgan fingerprint density at radius 2 is 2.24 bits per heavy atom. The summed E-state index contributed by atoms with van der Waals surface area (Å²) in [6.07, 6.45) is 1.72. The van der Waals surface area contributed by atoms with Gasteiger partial charge in [-0.3, -0.25) is 9.59 Å². The minimum atomic E-state index is -0.209.